The van der Waals surface area contributed by atoms with Crippen LogP contribution in [0, 0.1) is 23.7 Å². The van der Waals surface area contributed by atoms with Gasteiger partial charge in [-0.25, -0.2) is 0 Å². The molecule has 152 valence electrons. The van der Waals surface area contributed by atoms with Gasteiger partial charge in [-0.2, -0.15) is 0 Å². The molecule has 0 N–H and O–H groups in total. The summed E-state index contributed by atoms with van der Waals surface area (Å²) in [5.74, 6) is -1.81. The van der Waals surface area contributed by atoms with E-state index in [2.05, 4.69) is 33.9 Å². The fraction of sp³-hybridized carbons (Fsp3) is 0.714. The normalized spacial score (nSPS) is 28.7. The Balaban J connectivity index is 2.19. The first-order valence-electron chi connectivity index (χ1n) is 9.81. The molecule has 0 radical (unpaired) electrons. The summed E-state index contributed by atoms with van der Waals surface area (Å²) >= 11 is 0. The quantitative estimate of drug-likeness (QED) is 0.385. The Bertz CT molecular complexity index is 629. The Morgan fingerprint density at radius 2 is 2.00 bits per heavy atom. The first-order chi connectivity index (χ1) is 12.5. The second-order valence-electron chi connectivity index (χ2n) is 9.03. The molecule has 0 aromatic rings. The van der Waals surface area contributed by atoms with Gasteiger partial charge in [-0.05, 0) is 32.0 Å². The molecule has 0 spiro atoms. The van der Waals surface area contributed by atoms with Gasteiger partial charge in [0.1, 0.15) is 0 Å². The highest BCUT2D eigenvalue weighted by Crippen LogP contribution is 2.42. The van der Waals surface area contributed by atoms with Gasteiger partial charge in [-0.3, -0.25) is 9.59 Å². The summed E-state index contributed by atoms with van der Waals surface area (Å²) in [6, 6.07) is 0. The molecule has 4 atom stereocenters. The first-order valence-corrected chi connectivity index (χ1v) is 12.7. The molecule has 27 heavy (non-hydrogen) atoms. The highest BCUT2D eigenvalue weighted by molar-refractivity contribution is 6.74. The van der Waals surface area contributed by atoms with Crippen LogP contribution in [-0.4, -0.2) is 40.1 Å². The predicted octanol–water partition coefficient (Wildman–Crippen LogP) is 4.11. The number of carbonyl (C=O) groups excluding carboxylic acids is 2. The van der Waals surface area contributed by atoms with Crippen LogP contribution in [0.25, 0.3) is 0 Å². The molecule has 6 heteroatoms. The number of allylic oxidation sites excluding steroid dienone is 2. The standard InChI is InChI=1S/C21H34O5Si/c1-8-24-20(23)18-16(10-9-15-13-25-19(22)17(15)18)14(2)11-12-26-27(6,7)21(3,4)5/h9-11,15-18H,8,12-13H2,1-7H3/b14-11+/t15-,16+,17-,18-/m1/s1. The SMILES string of the molecule is CCOC(=O)[C@H]1[C@@H]2C(=O)OC[C@H]2C=C[C@H]1/C(C)=C/CO[Si](C)(C)C(C)(C)C. The van der Waals surface area contributed by atoms with Gasteiger partial charge in [0, 0.05) is 11.8 Å². The Labute approximate surface area is 164 Å². The smallest absolute Gasteiger partial charge is 0.310 e. The van der Waals surface area contributed by atoms with Crippen molar-refractivity contribution in [2.24, 2.45) is 23.7 Å². The minimum absolute atomic E-state index is 0.0422. The molecule has 0 amide bonds. The van der Waals surface area contributed by atoms with E-state index in [4.69, 9.17) is 13.9 Å². The second-order valence-corrected chi connectivity index (χ2v) is 13.8. The van der Waals surface area contributed by atoms with Gasteiger partial charge in [0.25, 0.3) is 0 Å². The van der Waals surface area contributed by atoms with Gasteiger partial charge in [0.05, 0.1) is 31.7 Å². The van der Waals surface area contributed by atoms with Gasteiger partial charge in [0.15, 0.2) is 8.32 Å². The molecular weight excluding hydrogens is 360 g/mol. The van der Waals surface area contributed by atoms with Crippen molar-refractivity contribution in [1.29, 1.82) is 0 Å². The number of esters is 2. The fourth-order valence-electron chi connectivity index (χ4n) is 3.45. The van der Waals surface area contributed by atoms with Crippen LogP contribution < -0.4 is 0 Å². The molecule has 0 aromatic heterocycles. The third-order valence-corrected chi connectivity index (χ3v) is 10.7. The Hall–Kier alpha value is -1.40. The van der Waals surface area contributed by atoms with E-state index in [1.807, 2.05) is 25.2 Å². The van der Waals surface area contributed by atoms with E-state index >= 15 is 0 Å². The lowest BCUT2D eigenvalue weighted by atomic mass is 9.69. The zero-order valence-electron chi connectivity index (χ0n) is 17.7. The predicted molar refractivity (Wildman–Crippen MR) is 108 cm³/mol. The number of cyclic esters (lactones) is 1. The summed E-state index contributed by atoms with van der Waals surface area (Å²) in [7, 11) is -1.83. The van der Waals surface area contributed by atoms with E-state index in [-0.39, 0.29) is 28.8 Å². The van der Waals surface area contributed by atoms with Crippen LogP contribution in [0.2, 0.25) is 18.1 Å². The van der Waals surface area contributed by atoms with Crippen molar-refractivity contribution in [1.82, 2.24) is 0 Å². The number of ether oxygens (including phenoxy) is 2. The van der Waals surface area contributed by atoms with Crippen molar-refractivity contribution < 1.29 is 23.5 Å². The largest absolute Gasteiger partial charge is 0.466 e. The monoisotopic (exact) mass is 394 g/mol. The maximum Gasteiger partial charge on any atom is 0.310 e. The fourth-order valence-corrected chi connectivity index (χ4v) is 4.38. The van der Waals surface area contributed by atoms with Gasteiger partial charge in [0.2, 0.25) is 0 Å². The van der Waals surface area contributed by atoms with Crippen LogP contribution in [0.4, 0.5) is 0 Å². The van der Waals surface area contributed by atoms with Gasteiger partial charge in [-0.15, -0.1) is 0 Å². The Morgan fingerprint density at radius 3 is 2.59 bits per heavy atom. The van der Waals surface area contributed by atoms with Gasteiger partial charge in [-0.1, -0.05) is 44.6 Å². The minimum atomic E-state index is -1.83. The summed E-state index contributed by atoms with van der Waals surface area (Å²) < 4.78 is 16.7. The molecule has 1 fully saturated rings. The topological polar surface area (TPSA) is 61.8 Å². The molecule has 1 aliphatic heterocycles. The molecule has 2 aliphatic rings. The molecule has 1 saturated heterocycles. The highest BCUT2D eigenvalue weighted by atomic mass is 28.4. The minimum Gasteiger partial charge on any atom is -0.466 e. The van der Waals surface area contributed by atoms with E-state index < -0.39 is 20.2 Å². The summed E-state index contributed by atoms with van der Waals surface area (Å²) in [4.78, 5) is 24.9. The van der Waals surface area contributed by atoms with E-state index in [1.165, 1.54) is 0 Å². The third-order valence-electron chi connectivity index (χ3n) is 6.23. The molecule has 0 saturated carbocycles. The molecule has 5 nitrogen and oxygen atoms in total. The van der Waals surface area contributed by atoms with Crippen molar-refractivity contribution in [3.8, 4) is 0 Å². The highest BCUT2D eigenvalue weighted by Gasteiger charge is 2.50. The molecule has 1 aliphatic carbocycles. The average Bonchev–Trinajstić information content (AvgIpc) is 2.94. The molecule has 0 unspecified atom stereocenters. The van der Waals surface area contributed by atoms with Crippen LogP contribution >= 0.6 is 0 Å². The maximum absolute atomic E-state index is 12.7. The van der Waals surface area contributed by atoms with Crippen molar-refractivity contribution in [3.63, 3.8) is 0 Å². The summed E-state index contributed by atoms with van der Waals surface area (Å²) in [6.45, 7) is 16.0. The summed E-state index contributed by atoms with van der Waals surface area (Å²) in [5, 5.41) is 0.147. The summed E-state index contributed by atoms with van der Waals surface area (Å²) in [6.07, 6.45) is 6.09. The van der Waals surface area contributed by atoms with Crippen molar-refractivity contribution in [2.45, 2.75) is 52.8 Å². The van der Waals surface area contributed by atoms with Gasteiger partial charge >= 0.3 is 11.9 Å². The van der Waals surface area contributed by atoms with Crippen LogP contribution in [0.3, 0.4) is 0 Å². The number of hydrogen-bond acceptors (Lipinski definition) is 5. The number of fused-ring (bicyclic) bond motifs is 1. The van der Waals surface area contributed by atoms with Crippen LogP contribution in [0.1, 0.15) is 34.6 Å². The Morgan fingerprint density at radius 1 is 1.33 bits per heavy atom. The lowest BCUT2D eigenvalue weighted by Gasteiger charge is -2.36. The second kappa shape index (κ2) is 8.31. The lowest BCUT2D eigenvalue weighted by Crippen LogP contribution is -2.41. The van der Waals surface area contributed by atoms with Crippen LogP contribution in [-0.2, 0) is 23.5 Å². The Kier molecular flexibility index (Phi) is 6.74. The maximum atomic E-state index is 12.7. The zero-order valence-corrected chi connectivity index (χ0v) is 18.7. The molecule has 2 rings (SSSR count). The number of carbonyl (C=O) groups is 2. The van der Waals surface area contributed by atoms with E-state index in [0.717, 1.165) is 5.57 Å². The first kappa shape index (κ1) is 21.9. The van der Waals surface area contributed by atoms with Gasteiger partial charge < -0.3 is 13.9 Å². The molecule has 0 aromatic carbocycles. The van der Waals surface area contributed by atoms with Crippen molar-refractivity contribution >= 4 is 20.3 Å². The van der Waals surface area contributed by atoms with E-state index in [9.17, 15) is 9.59 Å². The lowest BCUT2D eigenvalue weighted by molar-refractivity contribution is -0.157. The molecule has 0 bridgehead atoms. The summed E-state index contributed by atoms with van der Waals surface area (Å²) in [5.41, 5.74) is 1.03. The average molecular weight is 395 g/mol. The zero-order chi connectivity index (χ0) is 20.4. The third kappa shape index (κ3) is 4.72. The van der Waals surface area contributed by atoms with Crippen LogP contribution in [0.15, 0.2) is 23.8 Å². The van der Waals surface area contributed by atoms with E-state index in [0.29, 0.717) is 19.8 Å². The number of rotatable bonds is 6. The van der Waals surface area contributed by atoms with E-state index in [1.54, 1.807) is 6.92 Å². The molecular formula is C21H34O5Si. The molecule has 1 heterocycles. The van der Waals surface area contributed by atoms with Crippen LogP contribution in [0.5, 0.6) is 0 Å². The number of hydrogen-bond donors (Lipinski definition) is 0. The van der Waals surface area contributed by atoms with Crippen molar-refractivity contribution in [2.75, 3.05) is 19.8 Å². The van der Waals surface area contributed by atoms with Crippen molar-refractivity contribution in [3.05, 3.63) is 23.8 Å².